The molecule has 0 amide bonds. The van der Waals surface area contributed by atoms with Crippen LogP contribution in [0.1, 0.15) is 44.3 Å². The van der Waals surface area contributed by atoms with Gasteiger partial charge in [0.2, 0.25) is 0 Å². The highest BCUT2D eigenvalue weighted by molar-refractivity contribution is 6.01. The summed E-state index contributed by atoms with van der Waals surface area (Å²) >= 11 is 0. The second-order valence-electron chi connectivity index (χ2n) is 6.85. The lowest BCUT2D eigenvalue weighted by Crippen LogP contribution is -2.32. The van der Waals surface area contributed by atoms with E-state index in [1.807, 2.05) is 0 Å². The van der Waals surface area contributed by atoms with Gasteiger partial charge in [-0.2, -0.15) is 0 Å². The zero-order valence-corrected chi connectivity index (χ0v) is 14.7. The van der Waals surface area contributed by atoms with Crippen LogP contribution in [-0.4, -0.2) is 22.0 Å². The van der Waals surface area contributed by atoms with Crippen molar-refractivity contribution >= 4 is 11.8 Å². The number of aromatic hydroxyl groups is 2. The molecule has 0 unspecified atom stereocenters. The van der Waals surface area contributed by atoms with Gasteiger partial charge >= 0.3 is 5.97 Å². The molecule has 2 aliphatic heterocycles. The first-order valence-electron chi connectivity index (χ1n) is 8.64. The number of ether oxygens (including phenoxy) is 2. The lowest BCUT2D eigenvalue weighted by Gasteiger charge is -2.36. The van der Waals surface area contributed by atoms with Crippen LogP contribution < -0.4 is 4.74 Å². The number of rotatable bonds is 1. The predicted molar refractivity (Wildman–Crippen MR) is 98.0 cm³/mol. The lowest BCUT2D eigenvalue weighted by atomic mass is 9.77. The summed E-state index contributed by atoms with van der Waals surface area (Å²) in [5, 5.41) is 19.8. The maximum Gasteiger partial charge on any atom is 0.340 e. The number of hydrogen-bond donors (Lipinski definition) is 2. The van der Waals surface area contributed by atoms with Gasteiger partial charge in [0.05, 0.1) is 5.56 Å². The molecule has 0 aliphatic carbocycles. The summed E-state index contributed by atoms with van der Waals surface area (Å²) in [4.78, 5) is 24.6. The van der Waals surface area contributed by atoms with Crippen molar-refractivity contribution in [2.45, 2.75) is 12.5 Å². The first-order valence-corrected chi connectivity index (χ1v) is 8.64. The Morgan fingerprint density at radius 3 is 2.00 bits per heavy atom. The van der Waals surface area contributed by atoms with Crippen molar-refractivity contribution in [1.29, 1.82) is 0 Å². The van der Waals surface area contributed by atoms with E-state index in [0.717, 1.165) is 0 Å². The van der Waals surface area contributed by atoms with Crippen LogP contribution in [-0.2, 0) is 10.3 Å². The van der Waals surface area contributed by atoms with E-state index in [1.165, 1.54) is 37.3 Å². The minimum atomic E-state index is -1.30. The third kappa shape index (κ3) is 2.02. The van der Waals surface area contributed by atoms with Crippen LogP contribution in [0.4, 0.5) is 0 Å². The molecule has 3 aromatic carbocycles. The molecular weight excluding hydrogens is 360 g/mol. The Morgan fingerprint density at radius 2 is 1.43 bits per heavy atom. The maximum atomic E-state index is 12.8. The smallest absolute Gasteiger partial charge is 0.340 e. The largest absolute Gasteiger partial charge is 0.508 e. The number of Topliss-reactive ketones (excluding diaryl/α,β-unsaturated/α-hetero) is 1. The van der Waals surface area contributed by atoms with E-state index in [1.54, 1.807) is 24.3 Å². The van der Waals surface area contributed by atoms with Gasteiger partial charge in [-0.3, -0.25) is 4.79 Å². The van der Waals surface area contributed by atoms with E-state index in [4.69, 9.17) is 9.47 Å². The molecule has 0 aromatic heterocycles. The quantitative estimate of drug-likeness (QED) is 0.496. The fraction of sp³-hybridized carbons (Fsp3) is 0.0909. The summed E-state index contributed by atoms with van der Waals surface area (Å²) in [6, 6.07) is 14.0. The highest BCUT2D eigenvalue weighted by Gasteiger charge is 2.53. The molecule has 1 spiro atoms. The van der Waals surface area contributed by atoms with Crippen LogP contribution >= 0.6 is 0 Å². The van der Waals surface area contributed by atoms with Gasteiger partial charge in [0, 0.05) is 34.4 Å². The zero-order chi connectivity index (χ0) is 19.6. The SMILES string of the molecule is CC(=O)c1ccc2c(c1)C(=O)OC21c2ccc(O)cc2Oc2cc(O)ccc21. The summed E-state index contributed by atoms with van der Waals surface area (Å²) in [7, 11) is 0. The zero-order valence-electron chi connectivity index (χ0n) is 14.7. The van der Waals surface area contributed by atoms with E-state index in [0.29, 0.717) is 39.3 Å². The number of carbonyl (C=O) groups excluding carboxylic acids is 2. The number of benzene rings is 3. The minimum Gasteiger partial charge on any atom is -0.508 e. The average molecular weight is 374 g/mol. The summed E-state index contributed by atoms with van der Waals surface area (Å²) in [5.74, 6) is -0.0935. The van der Waals surface area contributed by atoms with Crippen LogP contribution in [0.15, 0.2) is 54.6 Å². The molecule has 0 saturated carbocycles. The third-order valence-electron chi connectivity index (χ3n) is 5.18. The summed E-state index contributed by atoms with van der Waals surface area (Å²) in [6.45, 7) is 1.43. The average Bonchev–Trinajstić information content (AvgIpc) is 2.94. The van der Waals surface area contributed by atoms with E-state index in [-0.39, 0.29) is 17.3 Å². The van der Waals surface area contributed by atoms with Crippen molar-refractivity contribution in [1.82, 2.24) is 0 Å². The number of fused-ring (bicyclic) bond motifs is 6. The topological polar surface area (TPSA) is 93.1 Å². The molecule has 2 aliphatic rings. The Bertz CT molecular complexity index is 1140. The van der Waals surface area contributed by atoms with E-state index in [2.05, 4.69) is 0 Å². The van der Waals surface area contributed by atoms with E-state index < -0.39 is 11.6 Å². The van der Waals surface area contributed by atoms with E-state index in [9.17, 15) is 19.8 Å². The molecule has 6 heteroatoms. The number of esters is 1. The van der Waals surface area contributed by atoms with Gasteiger partial charge in [0.15, 0.2) is 11.4 Å². The van der Waals surface area contributed by atoms with Gasteiger partial charge in [0.1, 0.15) is 23.0 Å². The standard InChI is InChI=1S/C22H14O6/c1-11(23)12-2-5-16-15(8-12)21(26)28-22(16)17-6-3-13(24)9-19(17)27-20-10-14(25)4-7-18(20)22/h2-10,24-25H,1H3. The van der Waals surface area contributed by atoms with Crippen LogP contribution in [0.25, 0.3) is 0 Å². The first-order chi connectivity index (χ1) is 13.4. The molecule has 0 fully saturated rings. The Morgan fingerprint density at radius 1 is 0.857 bits per heavy atom. The predicted octanol–water partition coefficient (Wildman–Crippen LogP) is 3.87. The van der Waals surface area contributed by atoms with Gasteiger partial charge in [-0.15, -0.1) is 0 Å². The van der Waals surface area contributed by atoms with Gasteiger partial charge in [0.25, 0.3) is 0 Å². The van der Waals surface area contributed by atoms with Gasteiger partial charge in [-0.1, -0.05) is 12.1 Å². The highest BCUT2D eigenvalue weighted by atomic mass is 16.6. The molecule has 5 rings (SSSR count). The van der Waals surface area contributed by atoms with Crippen LogP contribution in [0.3, 0.4) is 0 Å². The second kappa shape index (κ2) is 5.36. The molecule has 0 saturated heterocycles. The van der Waals surface area contributed by atoms with Gasteiger partial charge in [-0.05, 0) is 37.3 Å². The van der Waals surface area contributed by atoms with Crippen LogP contribution in [0, 0.1) is 0 Å². The van der Waals surface area contributed by atoms with Crippen LogP contribution in [0.2, 0.25) is 0 Å². The fourth-order valence-electron chi connectivity index (χ4n) is 3.92. The summed E-state index contributed by atoms with van der Waals surface area (Å²) < 4.78 is 11.8. The normalized spacial score (nSPS) is 15.2. The molecule has 0 radical (unpaired) electrons. The minimum absolute atomic E-state index is 0.00558. The van der Waals surface area contributed by atoms with E-state index >= 15 is 0 Å². The van der Waals surface area contributed by atoms with Crippen molar-refractivity contribution in [2.24, 2.45) is 0 Å². The number of ketones is 1. The van der Waals surface area contributed by atoms with Crippen molar-refractivity contribution < 1.29 is 29.3 Å². The van der Waals surface area contributed by atoms with Crippen molar-refractivity contribution in [2.75, 3.05) is 0 Å². The van der Waals surface area contributed by atoms with Crippen molar-refractivity contribution in [3.8, 4) is 23.0 Å². The van der Waals surface area contributed by atoms with Gasteiger partial charge in [-0.25, -0.2) is 4.79 Å². The molecule has 0 atom stereocenters. The lowest BCUT2D eigenvalue weighted by molar-refractivity contribution is 0.0224. The van der Waals surface area contributed by atoms with Crippen molar-refractivity contribution in [3.05, 3.63) is 82.4 Å². The molecule has 0 bridgehead atoms. The number of phenols is 2. The third-order valence-corrected chi connectivity index (χ3v) is 5.18. The maximum absolute atomic E-state index is 12.8. The monoisotopic (exact) mass is 374 g/mol. The molecule has 2 heterocycles. The molecular formula is C22H14O6. The number of hydrogen-bond acceptors (Lipinski definition) is 6. The second-order valence-corrected chi connectivity index (χ2v) is 6.85. The number of phenolic OH excluding ortho intramolecular Hbond substituents is 2. The Balaban J connectivity index is 1.87. The molecule has 138 valence electrons. The Hall–Kier alpha value is -3.80. The number of carbonyl (C=O) groups is 2. The summed E-state index contributed by atoms with van der Waals surface area (Å²) in [5.41, 5.74) is 1.08. The Kier molecular flexibility index (Phi) is 3.13. The molecule has 28 heavy (non-hydrogen) atoms. The Labute approximate surface area is 159 Å². The van der Waals surface area contributed by atoms with Gasteiger partial charge < -0.3 is 19.7 Å². The first kappa shape index (κ1) is 16.4. The molecule has 3 aromatic rings. The summed E-state index contributed by atoms with van der Waals surface area (Å²) in [6.07, 6.45) is 0. The molecule has 6 nitrogen and oxygen atoms in total. The highest BCUT2D eigenvalue weighted by Crippen LogP contribution is 2.57. The van der Waals surface area contributed by atoms with Crippen LogP contribution in [0.5, 0.6) is 23.0 Å². The molecule has 2 N–H and O–H groups in total. The fourth-order valence-corrected chi connectivity index (χ4v) is 3.92. The van der Waals surface area contributed by atoms with Crippen molar-refractivity contribution in [3.63, 3.8) is 0 Å².